The number of carbonyl (C=O) groups is 1. The zero-order valence-corrected chi connectivity index (χ0v) is 11.7. The lowest BCUT2D eigenvalue weighted by molar-refractivity contribution is -0.118. The molecule has 1 amide bonds. The molecule has 0 saturated heterocycles. The first kappa shape index (κ1) is 13.3. The van der Waals surface area contributed by atoms with Crippen LogP contribution < -0.4 is 10.6 Å². The van der Waals surface area contributed by atoms with Crippen molar-refractivity contribution in [2.75, 3.05) is 18.4 Å². The highest BCUT2D eigenvalue weighted by molar-refractivity contribution is 5.91. The van der Waals surface area contributed by atoms with Crippen molar-refractivity contribution >= 4 is 22.8 Å². The largest absolute Gasteiger partial charge is 0.368 e. The van der Waals surface area contributed by atoms with Crippen LogP contribution in [0.2, 0.25) is 0 Å². The van der Waals surface area contributed by atoms with Gasteiger partial charge in [0.15, 0.2) is 0 Å². The van der Waals surface area contributed by atoms with Gasteiger partial charge in [-0.3, -0.25) is 4.79 Å². The second kappa shape index (κ2) is 5.26. The zero-order valence-electron chi connectivity index (χ0n) is 11.7. The molecule has 0 fully saturated rings. The van der Waals surface area contributed by atoms with E-state index < -0.39 is 0 Å². The Labute approximate surface area is 112 Å². The van der Waals surface area contributed by atoms with Crippen LogP contribution >= 0.6 is 0 Å². The Hall–Kier alpha value is -2.11. The third kappa shape index (κ3) is 2.83. The standard InChI is InChI=1S/C13H19N5O/c1-7-8(2)16-13-11(7)12(17-9(3)18-13)15-6-5-14-10(4)19/h5-6H2,1-4H3,(H,14,19)(H2,15,16,17,18). The molecular formula is C13H19N5O. The van der Waals surface area contributed by atoms with E-state index in [9.17, 15) is 4.79 Å². The average molecular weight is 261 g/mol. The summed E-state index contributed by atoms with van der Waals surface area (Å²) in [6.07, 6.45) is 0. The molecular weight excluding hydrogens is 242 g/mol. The third-order valence-corrected chi connectivity index (χ3v) is 3.06. The van der Waals surface area contributed by atoms with E-state index in [0.29, 0.717) is 13.1 Å². The van der Waals surface area contributed by atoms with Crippen molar-refractivity contribution in [3.63, 3.8) is 0 Å². The molecule has 0 radical (unpaired) electrons. The van der Waals surface area contributed by atoms with Crippen LogP contribution in [0.15, 0.2) is 0 Å². The van der Waals surface area contributed by atoms with E-state index in [1.807, 2.05) is 20.8 Å². The average Bonchev–Trinajstić information content (AvgIpc) is 2.60. The lowest BCUT2D eigenvalue weighted by Gasteiger charge is -2.08. The molecule has 0 saturated carbocycles. The highest BCUT2D eigenvalue weighted by Crippen LogP contribution is 2.25. The van der Waals surface area contributed by atoms with Gasteiger partial charge >= 0.3 is 0 Å². The number of aromatic amines is 1. The van der Waals surface area contributed by atoms with Gasteiger partial charge in [-0.2, -0.15) is 0 Å². The van der Waals surface area contributed by atoms with E-state index in [0.717, 1.165) is 33.9 Å². The second-order valence-electron chi connectivity index (χ2n) is 4.63. The fourth-order valence-electron chi connectivity index (χ4n) is 2.02. The maximum Gasteiger partial charge on any atom is 0.216 e. The normalized spacial score (nSPS) is 10.7. The first-order chi connectivity index (χ1) is 8.99. The molecule has 6 heteroatoms. The number of aryl methyl sites for hydroxylation is 3. The quantitative estimate of drug-likeness (QED) is 0.727. The van der Waals surface area contributed by atoms with Crippen LogP contribution in [0.4, 0.5) is 5.82 Å². The number of nitrogens with one attached hydrogen (secondary N) is 3. The fraction of sp³-hybridized carbons (Fsp3) is 0.462. The molecule has 2 heterocycles. The number of hydrogen-bond acceptors (Lipinski definition) is 4. The highest BCUT2D eigenvalue weighted by Gasteiger charge is 2.12. The van der Waals surface area contributed by atoms with E-state index in [2.05, 4.69) is 25.6 Å². The van der Waals surface area contributed by atoms with Gasteiger partial charge in [-0.1, -0.05) is 0 Å². The van der Waals surface area contributed by atoms with Crippen LogP contribution in [0, 0.1) is 20.8 Å². The number of rotatable bonds is 4. The van der Waals surface area contributed by atoms with Crippen LogP contribution in [-0.4, -0.2) is 33.9 Å². The number of aromatic nitrogens is 3. The molecule has 3 N–H and O–H groups in total. The summed E-state index contributed by atoms with van der Waals surface area (Å²) in [6.45, 7) is 8.65. The van der Waals surface area contributed by atoms with E-state index in [1.54, 1.807) is 0 Å². The fourth-order valence-corrected chi connectivity index (χ4v) is 2.02. The summed E-state index contributed by atoms with van der Waals surface area (Å²) >= 11 is 0. The summed E-state index contributed by atoms with van der Waals surface area (Å²) in [4.78, 5) is 22.9. The first-order valence-electron chi connectivity index (χ1n) is 6.31. The molecule has 0 spiro atoms. The van der Waals surface area contributed by atoms with E-state index in [-0.39, 0.29) is 5.91 Å². The number of H-pyrrole nitrogens is 1. The number of nitrogens with zero attached hydrogens (tertiary/aromatic N) is 2. The molecule has 2 aromatic rings. The summed E-state index contributed by atoms with van der Waals surface area (Å²) in [5.41, 5.74) is 3.10. The van der Waals surface area contributed by atoms with Crippen molar-refractivity contribution in [3.8, 4) is 0 Å². The Morgan fingerprint density at radius 2 is 1.95 bits per heavy atom. The Balaban J connectivity index is 2.24. The molecule has 0 aliphatic carbocycles. The number of fused-ring (bicyclic) bond motifs is 1. The molecule has 0 aromatic carbocycles. The predicted molar refractivity (Wildman–Crippen MR) is 75.3 cm³/mol. The van der Waals surface area contributed by atoms with Crippen molar-refractivity contribution in [1.82, 2.24) is 20.3 Å². The molecule has 0 atom stereocenters. The van der Waals surface area contributed by atoms with Crippen LogP contribution in [0.25, 0.3) is 11.0 Å². The van der Waals surface area contributed by atoms with Gasteiger partial charge in [0.05, 0.1) is 5.39 Å². The van der Waals surface area contributed by atoms with Crippen molar-refractivity contribution in [3.05, 3.63) is 17.1 Å². The summed E-state index contributed by atoms with van der Waals surface area (Å²) < 4.78 is 0. The lowest BCUT2D eigenvalue weighted by Crippen LogP contribution is -2.26. The number of hydrogen-bond donors (Lipinski definition) is 3. The van der Waals surface area contributed by atoms with Gasteiger partial charge in [-0.15, -0.1) is 0 Å². The molecule has 0 bridgehead atoms. The minimum atomic E-state index is -0.0283. The third-order valence-electron chi connectivity index (χ3n) is 3.06. The van der Waals surface area contributed by atoms with Crippen LogP contribution in [0.1, 0.15) is 24.0 Å². The second-order valence-corrected chi connectivity index (χ2v) is 4.63. The maximum atomic E-state index is 10.8. The Kier molecular flexibility index (Phi) is 3.69. The summed E-state index contributed by atoms with van der Waals surface area (Å²) in [5, 5.41) is 7.02. The van der Waals surface area contributed by atoms with E-state index >= 15 is 0 Å². The van der Waals surface area contributed by atoms with Gasteiger partial charge in [-0.05, 0) is 26.3 Å². The van der Waals surface area contributed by atoms with Crippen LogP contribution in [0.3, 0.4) is 0 Å². The SMILES string of the molecule is CC(=O)NCCNc1nc(C)nc2[nH]c(C)c(C)c12. The number of amides is 1. The van der Waals surface area contributed by atoms with Crippen molar-refractivity contribution < 1.29 is 4.79 Å². The molecule has 0 unspecified atom stereocenters. The van der Waals surface area contributed by atoms with E-state index in [1.165, 1.54) is 6.92 Å². The molecule has 0 aliphatic heterocycles. The van der Waals surface area contributed by atoms with Crippen molar-refractivity contribution in [2.24, 2.45) is 0 Å². The van der Waals surface area contributed by atoms with Gasteiger partial charge in [0.2, 0.25) is 5.91 Å². The molecule has 2 rings (SSSR count). The van der Waals surface area contributed by atoms with Crippen molar-refractivity contribution in [2.45, 2.75) is 27.7 Å². The number of carbonyl (C=O) groups excluding carboxylic acids is 1. The Morgan fingerprint density at radius 1 is 1.21 bits per heavy atom. The minimum Gasteiger partial charge on any atom is -0.368 e. The van der Waals surface area contributed by atoms with Gasteiger partial charge in [0.25, 0.3) is 0 Å². The number of anilines is 1. The smallest absolute Gasteiger partial charge is 0.216 e. The molecule has 19 heavy (non-hydrogen) atoms. The zero-order chi connectivity index (χ0) is 14.0. The van der Waals surface area contributed by atoms with E-state index in [4.69, 9.17) is 0 Å². The topological polar surface area (TPSA) is 82.7 Å². The molecule has 2 aromatic heterocycles. The van der Waals surface area contributed by atoms with Gasteiger partial charge < -0.3 is 15.6 Å². The summed E-state index contributed by atoms with van der Waals surface area (Å²) in [5.74, 6) is 1.50. The maximum absolute atomic E-state index is 10.8. The van der Waals surface area contributed by atoms with Crippen molar-refractivity contribution in [1.29, 1.82) is 0 Å². The minimum absolute atomic E-state index is 0.0283. The Morgan fingerprint density at radius 3 is 2.63 bits per heavy atom. The van der Waals surface area contributed by atoms with Gasteiger partial charge in [0, 0.05) is 25.7 Å². The summed E-state index contributed by atoms with van der Waals surface area (Å²) in [7, 11) is 0. The first-order valence-corrected chi connectivity index (χ1v) is 6.31. The lowest BCUT2D eigenvalue weighted by atomic mass is 10.2. The molecule has 6 nitrogen and oxygen atoms in total. The molecule has 0 aliphatic rings. The van der Waals surface area contributed by atoms with Crippen LogP contribution in [0.5, 0.6) is 0 Å². The highest BCUT2D eigenvalue weighted by atomic mass is 16.1. The Bertz CT molecular complexity index is 617. The predicted octanol–water partition coefficient (Wildman–Crippen LogP) is 1.43. The van der Waals surface area contributed by atoms with Gasteiger partial charge in [-0.25, -0.2) is 9.97 Å². The monoisotopic (exact) mass is 261 g/mol. The molecule has 102 valence electrons. The summed E-state index contributed by atoms with van der Waals surface area (Å²) in [6, 6.07) is 0. The van der Waals surface area contributed by atoms with Crippen LogP contribution in [-0.2, 0) is 4.79 Å². The van der Waals surface area contributed by atoms with Gasteiger partial charge in [0.1, 0.15) is 17.3 Å².